The molecular formula is C30H26N2O7S2. The third-order valence-electron chi connectivity index (χ3n) is 6.67. The zero-order valence-corrected chi connectivity index (χ0v) is 24.0. The summed E-state index contributed by atoms with van der Waals surface area (Å²) in [6, 6.07) is 21.5. The molecule has 4 aromatic rings. The van der Waals surface area contributed by atoms with Crippen LogP contribution in [0.15, 0.2) is 93.5 Å². The number of thiazole rings is 1. The molecule has 0 amide bonds. The van der Waals surface area contributed by atoms with Gasteiger partial charge in [-0.15, -0.1) is 11.3 Å². The molecule has 2 heterocycles. The Morgan fingerprint density at radius 3 is 2.24 bits per heavy atom. The third-order valence-corrected chi connectivity index (χ3v) is 9.69. The van der Waals surface area contributed by atoms with Crippen molar-refractivity contribution in [2.75, 3.05) is 21.3 Å². The maximum Gasteiger partial charge on any atom is 0.337 e. The van der Waals surface area contributed by atoms with Gasteiger partial charge >= 0.3 is 5.97 Å². The first-order chi connectivity index (χ1) is 19.7. The molecule has 1 aliphatic heterocycles. The van der Waals surface area contributed by atoms with Gasteiger partial charge in [0.25, 0.3) is 5.56 Å². The molecule has 41 heavy (non-hydrogen) atoms. The summed E-state index contributed by atoms with van der Waals surface area (Å²) in [5, 5.41) is 0. The van der Waals surface area contributed by atoms with Gasteiger partial charge in [-0.1, -0.05) is 42.5 Å². The molecule has 0 radical (unpaired) electrons. The van der Waals surface area contributed by atoms with Gasteiger partial charge in [-0.2, -0.15) is 0 Å². The van der Waals surface area contributed by atoms with Crippen LogP contribution >= 0.6 is 11.3 Å². The van der Waals surface area contributed by atoms with E-state index in [1.54, 1.807) is 72.8 Å². The van der Waals surface area contributed by atoms with Gasteiger partial charge in [-0.05, 0) is 53.6 Å². The number of nitrogens with two attached hydrogens (primary N) is 1. The second-order valence-corrected chi connectivity index (χ2v) is 12.0. The number of allylic oxidation sites excluding steroid dienone is 1. The molecule has 0 saturated carbocycles. The zero-order valence-electron chi connectivity index (χ0n) is 22.4. The second kappa shape index (κ2) is 11.1. The van der Waals surface area contributed by atoms with Crippen molar-refractivity contribution in [1.29, 1.82) is 0 Å². The van der Waals surface area contributed by atoms with Gasteiger partial charge in [-0.25, -0.2) is 13.2 Å². The van der Waals surface area contributed by atoms with Crippen LogP contribution in [-0.4, -0.2) is 40.3 Å². The third kappa shape index (κ3) is 4.94. The highest BCUT2D eigenvalue weighted by atomic mass is 32.2. The molecule has 9 nitrogen and oxygen atoms in total. The largest absolute Gasteiger partial charge is 0.497 e. The monoisotopic (exact) mass is 590 g/mol. The summed E-state index contributed by atoms with van der Waals surface area (Å²) in [4.78, 5) is 26.9. The molecule has 0 saturated heterocycles. The second-order valence-electron chi connectivity index (χ2n) is 9.01. The van der Waals surface area contributed by atoms with Crippen molar-refractivity contribution < 1.29 is 27.4 Å². The number of nitrogens with zero attached hydrogens (tertiary/aromatic N) is 1. The van der Waals surface area contributed by atoms with Crippen LogP contribution in [0.4, 0.5) is 0 Å². The van der Waals surface area contributed by atoms with E-state index >= 15 is 0 Å². The summed E-state index contributed by atoms with van der Waals surface area (Å²) in [5.74, 6) is -1.24. The SMILES string of the molecule is COC(=O)C1=c2s/c(=C\c3cccc(OC)c3)c(=O)n2C(N)=C(S(=O)(=O)c2ccccc2)C1c1cccc(OC)c1. The Balaban J connectivity index is 1.92. The first kappa shape index (κ1) is 27.9. The summed E-state index contributed by atoms with van der Waals surface area (Å²) in [6.45, 7) is 0. The average Bonchev–Trinajstić information content (AvgIpc) is 3.32. The van der Waals surface area contributed by atoms with Crippen molar-refractivity contribution >= 4 is 44.6 Å². The minimum atomic E-state index is -4.32. The smallest absolute Gasteiger partial charge is 0.337 e. The summed E-state index contributed by atoms with van der Waals surface area (Å²) >= 11 is 1.02. The summed E-state index contributed by atoms with van der Waals surface area (Å²) in [5.41, 5.74) is 7.10. The van der Waals surface area contributed by atoms with E-state index in [-0.39, 0.29) is 30.4 Å². The Bertz CT molecular complexity index is 1970. The van der Waals surface area contributed by atoms with Crippen molar-refractivity contribution in [3.8, 4) is 11.5 Å². The number of hydrogen-bond donors (Lipinski definition) is 1. The normalized spacial score (nSPS) is 15.4. The van der Waals surface area contributed by atoms with Crippen molar-refractivity contribution in [2.24, 2.45) is 5.73 Å². The number of rotatable bonds is 7. The maximum atomic E-state index is 14.2. The topological polar surface area (TPSA) is 127 Å². The van der Waals surface area contributed by atoms with E-state index < -0.39 is 27.3 Å². The summed E-state index contributed by atoms with van der Waals surface area (Å²) in [7, 11) is -0.102. The zero-order chi connectivity index (χ0) is 29.3. The van der Waals surface area contributed by atoms with Crippen LogP contribution in [0.1, 0.15) is 17.0 Å². The Morgan fingerprint density at radius 2 is 1.59 bits per heavy atom. The van der Waals surface area contributed by atoms with Gasteiger partial charge in [0.05, 0.1) is 42.2 Å². The molecule has 2 N–H and O–H groups in total. The highest BCUT2D eigenvalue weighted by molar-refractivity contribution is 7.95. The van der Waals surface area contributed by atoms with Crippen LogP contribution in [0.3, 0.4) is 0 Å². The molecule has 0 spiro atoms. The minimum absolute atomic E-state index is 0.0307. The number of hydrogen-bond acceptors (Lipinski definition) is 9. The highest BCUT2D eigenvalue weighted by Crippen LogP contribution is 2.42. The van der Waals surface area contributed by atoms with E-state index in [1.165, 1.54) is 33.5 Å². The van der Waals surface area contributed by atoms with E-state index in [1.807, 2.05) is 0 Å². The number of sulfone groups is 1. The molecule has 5 rings (SSSR count). The Hall–Kier alpha value is -4.61. The number of methoxy groups -OCH3 is 3. The standard InChI is InChI=1S/C30H26N2O7S2/c1-37-20-11-7-9-18(15-20)16-23-28(33)32-27(31)26(41(35,36)22-13-5-4-6-14-22)24(19-10-8-12-21(17-19)38-2)25(29(32)40-23)30(34)39-3/h4-17,24H,31H2,1-3H3/b23-16-. The minimum Gasteiger partial charge on any atom is -0.497 e. The molecule has 1 aliphatic rings. The van der Waals surface area contributed by atoms with E-state index in [4.69, 9.17) is 19.9 Å². The van der Waals surface area contributed by atoms with Gasteiger partial charge in [0, 0.05) is 0 Å². The number of esters is 1. The Morgan fingerprint density at radius 1 is 0.927 bits per heavy atom. The van der Waals surface area contributed by atoms with Crippen molar-refractivity contribution in [3.05, 3.63) is 114 Å². The van der Waals surface area contributed by atoms with E-state index in [9.17, 15) is 18.0 Å². The fourth-order valence-corrected chi connectivity index (χ4v) is 7.62. The lowest BCUT2D eigenvalue weighted by atomic mass is 9.89. The van der Waals surface area contributed by atoms with Gasteiger partial charge < -0.3 is 19.9 Å². The fraction of sp³-hybridized carbons (Fsp3) is 0.133. The lowest BCUT2D eigenvalue weighted by Gasteiger charge is -2.28. The molecule has 1 aromatic heterocycles. The van der Waals surface area contributed by atoms with Crippen LogP contribution in [-0.2, 0) is 19.4 Å². The van der Waals surface area contributed by atoms with Gasteiger partial charge in [0.2, 0.25) is 9.84 Å². The van der Waals surface area contributed by atoms with Crippen LogP contribution in [0.5, 0.6) is 11.5 Å². The van der Waals surface area contributed by atoms with Crippen molar-refractivity contribution in [1.82, 2.24) is 4.57 Å². The van der Waals surface area contributed by atoms with Crippen LogP contribution in [0.2, 0.25) is 0 Å². The molecule has 0 fully saturated rings. The number of ether oxygens (including phenoxy) is 3. The number of carbonyl (C=O) groups is 1. The first-order valence-electron chi connectivity index (χ1n) is 12.4. The van der Waals surface area contributed by atoms with E-state index in [2.05, 4.69) is 0 Å². The van der Waals surface area contributed by atoms with Crippen molar-refractivity contribution in [2.45, 2.75) is 10.8 Å². The van der Waals surface area contributed by atoms with Gasteiger partial charge in [0.15, 0.2) is 0 Å². The van der Waals surface area contributed by atoms with Crippen LogP contribution in [0, 0.1) is 0 Å². The number of benzene rings is 3. The predicted octanol–water partition coefficient (Wildman–Crippen LogP) is 2.44. The number of aromatic nitrogens is 1. The van der Waals surface area contributed by atoms with Crippen LogP contribution < -0.4 is 30.0 Å². The fourth-order valence-electron chi connectivity index (χ4n) is 4.75. The lowest BCUT2D eigenvalue weighted by Crippen LogP contribution is -2.41. The Labute approximate surface area is 240 Å². The van der Waals surface area contributed by atoms with Gasteiger partial charge in [-0.3, -0.25) is 9.36 Å². The average molecular weight is 591 g/mol. The van der Waals surface area contributed by atoms with Gasteiger partial charge in [0.1, 0.15) is 26.9 Å². The predicted molar refractivity (Wildman–Crippen MR) is 157 cm³/mol. The number of carbonyl (C=O) groups excluding carboxylic acids is 1. The maximum absolute atomic E-state index is 14.2. The molecule has 3 aromatic carbocycles. The van der Waals surface area contributed by atoms with Crippen LogP contribution in [0.25, 0.3) is 17.5 Å². The quantitative estimate of drug-likeness (QED) is 0.325. The first-order valence-corrected chi connectivity index (χ1v) is 14.7. The van der Waals surface area contributed by atoms with Crippen molar-refractivity contribution in [3.63, 3.8) is 0 Å². The molecule has 0 aliphatic carbocycles. The summed E-state index contributed by atoms with van der Waals surface area (Å²) < 4.78 is 45.7. The molecular weight excluding hydrogens is 564 g/mol. The van der Waals surface area contributed by atoms with E-state index in [0.717, 1.165) is 15.9 Å². The molecule has 11 heteroatoms. The van der Waals surface area contributed by atoms with E-state index in [0.29, 0.717) is 22.6 Å². The Kier molecular flexibility index (Phi) is 7.57. The lowest BCUT2D eigenvalue weighted by molar-refractivity contribution is -0.134. The summed E-state index contributed by atoms with van der Waals surface area (Å²) in [6.07, 6.45) is 1.63. The molecule has 1 unspecified atom stereocenters. The number of fused-ring (bicyclic) bond motifs is 1. The molecule has 0 bridgehead atoms. The molecule has 210 valence electrons. The molecule has 1 atom stereocenters. The highest BCUT2D eigenvalue weighted by Gasteiger charge is 2.42.